The number of benzene rings is 1. The summed E-state index contributed by atoms with van der Waals surface area (Å²) in [5.41, 5.74) is -0.0361. The largest absolute Gasteiger partial charge is 0.369 e. The molecular weight excluding hydrogens is 256 g/mol. The summed E-state index contributed by atoms with van der Waals surface area (Å²) in [5, 5.41) is 13.6. The highest BCUT2D eigenvalue weighted by Crippen LogP contribution is 2.27. The second kappa shape index (κ2) is 5.51. The van der Waals surface area contributed by atoms with Crippen LogP contribution in [0.25, 0.3) is 0 Å². The lowest BCUT2D eigenvalue weighted by Crippen LogP contribution is -2.04. The fraction of sp³-hybridized carbons (Fsp3) is 0.273. The standard InChI is InChI=1S/C11H12N2O4S/c1-3-4-7-12-10-6-5-9(18(2,16)17)8-11(10)13(14)15/h5-6,8,12H,7H2,1-2H3. The Morgan fingerprint density at radius 3 is 2.61 bits per heavy atom. The maximum absolute atomic E-state index is 11.3. The molecule has 0 bridgehead atoms. The fourth-order valence-corrected chi connectivity index (χ4v) is 1.91. The van der Waals surface area contributed by atoms with Crippen LogP contribution in [0.1, 0.15) is 6.92 Å². The Balaban J connectivity index is 3.19. The summed E-state index contributed by atoms with van der Waals surface area (Å²) in [6, 6.07) is 3.73. The number of nitrogens with zero attached hydrogens (tertiary/aromatic N) is 1. The van der Waals surface area contributed by atoms with Crippen LogP contribution in [0.3, 0.4) is 0 Å². The normalized spacial score (nSPS) is 10.3. The Kier molecular flexibility index (Phi) is 4.28. The maximum Gasteiger partial charge on any atom is 0.293 e. The third kappa shape index (κ3) is 3.46. The minimum atomic E-state index is -3.46. The molecule has 1 rings (SSSR count). The molecule has 0 saturated carbocycles. The summed E-state index contributed by atoms with van der Waals surface area (Å²) in [6.45, 7) is 1.92. The van der Waals surface area contributed by atoms with Crippen LogP contribution in [-0.2, 0) is 9.84 Å². The molecule has 96 valence electrons. The first-order chi connectivity index (χ1) is 8.36. The topological polar surface area (TPSA) is 89.3 Å². The third-order valence-corrected chi connectivity index (χ3v) is 3.25. The van der Waals surface area contributed by atoms with Gasteiger partial charge in [-0.25, -0.2) is 8.42 Å². The summed E-state index contributed by atoms with van der Waals surface area (Å²) < 4.78 is 22.6. The number of nitro groups is 1. The van der Waals surface area contributed by atoms with Gasteiger partial charge in [0.15, 0.2) is 9.84 Å². The average molecular weight is 268 g/mol. The Hall–Kier alpha value is -2.07. The first kappa shape index (κ1) is 14.0. The summed E-state index contributed by atoms with van der Waals surface area (Å²) in [7, 11) is -3.46. The molecule has 6 nitrogen and oxygen atoms in total. The van der Waals surface area contributed by atoms with Gasteiger partial charge in [0.1, 0.15) is 5.69 Å². The number of hydrogen-bond acceptors (Lipinski definition) is 5. The van der Waals surface area contributed by atoms with E-state index in [0.29, 0.717) is 0 Å². The molecule has 18 heavy (non-hydrogen) atoms. The van der Waals surface area contributed by atoms with Crippen molar-refractivity contribution in [2.45, 2.75) is 11.8 Å². The molecule has 1 N–H and O–H groups in total. The van der Waals surface area contributed by atoms with Crippen molar-refractivity contribution in [3.63, 3.8) is 0 Å². The molecule has 0 atom stereocenters. The second-order valence-corrected chi connectivity index (χ2v) is 5.50. The minimum Gasteiger partial charge on any atom is -0.369 e. The van der Waals surface area contributed by atoms with Gasteiger partial charge in [-0.15, -0.1) is 5.92 Å². The Morgan fingerprint density at radius 1 is 1.44 bits per heavy atom. The smallest absolute Gasteiger partial charge is 0.293 e. The number of nitro benzene ring substituents is 1. The van der Waals surface area contributed by atoms with E-state index in [4.69, 9.17) is 0 Å². The zero-order valence-electron chi connectivity index (χ0n) is 9.93. The van der Waals surface area contributed by atoms with E-state index in [-0.39, 0.29) is 22.8 Å². The van der Waals surface area contributed by atoms with Crippen LogP contribution >= 0.6 is 0 Å². The minimum absolute atomic E-state index is 0.0821. The van der Waals surface area contributed by atoms with Crippen LogP contribution < -0.4 is 5.32 Å². The Morgan fingerprint density at radius 2 is 2.11 bits per heavy atom. The number of hydrogen-bond donors (Lipinski definition) is 1. The summed E-state index contributed by atoms with van der Waals surface area (Å²) >= 11 is 0. The van der Waals surface area contributed by atoms with Gasteiger partial charge in [-0.2, -0.15) is 0 Å². The highest BCUT2D eigenvalue weighted by Gasteiger charge is 2.18. The molecule has 1 aromatic rings. The lowest BCUT2D eigenvalue weighted by Gasteiger charge is -2.05. The number of nitrogens with one attached hydrogen (secondary N) is 1. The van der Waals surface area contributed by atoms with Gasteiger partial charge in [0.05, 0.1) is 16.4 Å². The van der Waals surface area contributed by atoms with Crippen LogP contribution in [0.2, 0.25) is 0 Å². The molecule has 0 aliphatic rings. The summed E-state index contributed by atoms with van der Waals surface area (Å²) in [4.78, 5) is 10.2. The Labute approximate surface area is 105 Å². The quantitative estimate of drug-likeness (QED) is 0.507. The van der Waals surface area contributed by atoms with Crippen molar-refractivity contribution in [1.29, 1.82) is 0 Å². The molecule has 0 unspecified atom stereocenters. The van der Waals surface area contributed by atoms with Gasteiger partial charge in [0.25, 0.3) is 5.69 Å². The molecule has 0 fully saturated rings. The molecule has 1 aromatic carbocycles. The average Bonchev–Trinajstić information content (AvgIpc) is 2.28. The van der Waals surface area contributed by atoms with Crippen molar-refractivity contribution in [2.24, 2.45) is 0 Å². The molecule has 0 spiro atoms. The molecule has 0 aromatic heterocycles. The predicted molar refractivity (Wildman–Crippen MR) is 68.1 cm³/mol. The first-order valence-corrected chi connectivity index (χ1v) is 6.87. The molecular formula is C11H12N2O4S. The zero-order chi connectivity index (χ0) is 13.8. The summed E-state index contributed by atoms with van der Waals surface area (Å²) in [5.74, 6) is 5.35. The van der Waals surface area contributed by atoms with E-state index in [9.17, 15) is 18.5 Å². The number of anilines is 1. The van der Waals surface area contributed by atoms with Crippen LogP contribution in [0, 0.1) is 22.0 Å². The molecule has 0 radical (unpaired) electrons. The lowest BCUT2D eigenvalue weighted by atomic mass is 10.2. The van der Waals surface area contributed by atoms with E-state index in [1.807, 2.05) is 0 Å². The van der Waals surface area contributed by atoms with Crippen molar-refractivity contribution in [2.75, 3.05) is 18.1 Å². The van der Waals surface area contributed by atoms with Crippen LogP contribution in [-0.4, -0.2) is 26.1 Å². The fourth-order valence-electron chi connectivity index (χ4n) is 1.27. The highest BCUT2D eigenvalue weighted by molar-refractivity contribution is 7.90. The van der Waals surface area contributed by atoms with Crippen LogP contribution in [0.15, 0.2) is 23.1 Å². The third-order valence-electron chi connectivity index (χ3n) is 2.14. The monoisotopic (exact) mass is 268 g/mol. The van der Waals surface area contributed by atoms with Gasteiger partial charge in [-0.3, -0.25) is 10.1 Å². The molecule has 0 amide bonds. The SMILES string of the molecule is CC#CCNc1ccc(S(C)(=O)=O)cc1[N+](=O)[O-]. The van der Waals surface area contributed by atoms with Crippen molar-refractivity contribution < 1.29 is 13.3 Å². The van der Waals surface area contributed by atoms with E-state index < -0.39 is 14.8 Å². The first-order valence-electron chi connectivity index (χ1n) is 4.98. The highest BCUT2D eigenvalue weighted by atomic mass is 32.2. The van der Waals surface area contributed by atoms with E-state index in [2.05, 4.69) is 17.2 Å². The molecule has 0 aliphatic heterocycles. The molecule has 0 heterocycles. The molecule has 0 aliphatic carbocycles. The van der Waals surface area contributed by atoms with E-state index in [0.717, 1.165) is 12.3 Å². The van der Waals surface area contributed by atoms with Crippen LogP contribution in [0.4, 0.5) is 11.4 Å². The lowest BCUT2D eigenvalue weighted by molar-refractivity contribution is -0.384. The molecule has 7 heteroatoms. The van der Waals surface area contributed by atoms with Crippen molar-refractivity contribution in [3.05, 3.63) is 28.3 Å². The molecule has 0 saturated heterocycles. The Bertz CT molecular complexity index is 626. The van der Waals surface area contributed by atoms with E-state index in [1.165, 1.54) is 12.1 Å². The van der Waals surface area contributed by atoms with E-state index in [1.54, 1.807) is 6.92 Å². The predicted octanol–water partition coefficient (Wildman–Crippen LogP) is 1.43. The van der Waals surface area contributed by atoms with Crippen molar-refractivity contribution in [3.8, 4) is 11.8 Å². The van der Waals surface area contributed by atoms with Crippen LogP contribution in [0.5, 0.6) is 0 Å². The van der Waals surface area contributed by atoms with Crippen molar-refractivity contribution in [1.82, 2.24) is 0 Å². The van der Waals surface area contributed by atoms with Crippen molar-refractivity contribution >= 4 is 21.2 Å². The van der Waals surface area contributed by atoms with Gasteiger partial charge >= 0.3 is 0 Å². The van der Waals surface area contributed by atoms with Gasteiger partial charge in [0, 0.05) is 12.3 Å². The number of rotatable bonds is 4. The van der Waals surface area contributed by atoms with Gasteiger partial charge in [0.2, 0.25) is 0 Å². The van der Waals surface area contributed by atoms with Gasteiger partial charge < -0.3 is 5.32 Å². The zero-order valence-corrected chi connectivity index (χ0v) is 10.7. The van der Waals surface area contributed by atoms with Gasteiger partial charge in [-0.05, 0) is 19.1 Å². The number of sulfone groups is 1. The summed E-state index contributed by atoms with van der Waals surface area (Å²) in [6.07, 6.45) is 1.00. The second-order valence-electron chi connectivity index (χ2n) is 3.49. The van der Waals surface area contributed by atoms with Gasteiger partial charge in [-0.1, -0.05) is 5.92 Å². The van der Waals surface area contributed by atoms with E-state index >= 15 is 0 Å². The maximum atomic E-state index is 11.3.